The summed E-state index contributed by atoms with van der Waals surface area (Å²) in [7, 11) is 0. The van der Waals surface area contributed by atoms with Gasteiger partial charge in [-0.2, -0.15) is 0 Å². The Hall–Kier alpha value is -2.78. The Morgan fingerprint density at radius 3 is 2.37 bits per heavy atom. The lowest BCUT2D eigenvalue weighted by Gasteiger charge is -2.08. The van der Waals surface area contributed by atoms with Gasteiger partial charge in [0, 0.05) is 17.5 Å². The lowest BCUT2D eigenvalue weighted by atomic mass is 9.96. The zero-order valence-corrected chi connectivity index (χ0v) is 16.6. The fourth-order valence-corrected chi connectivity index (χ4v) is 4.40. The summed E-state index contributed by atoms with van der Waals surface area (Å²) >= 11 is 1.70. The van der Waals surface area contributed by atoms with Crippen LogP contribution in [0.5, 0.6) is 0 Å². The molecule has 0 fully saturated rings. The van der Waals surface area contributed by atoms with E-state index in [0.717, 1.165) is 43.9 Å². The number of ketones is 1. The van der Waals surface area contributed by atoms with Gasteiger partial charge in [-0.1, -0.05) is 41.5 Å². The maximum absolute atomic E-state index is 12.7. The minimum atomic E-state index is 0.164. The Kier molecular flexibility index (Phi) is 4.63. The molecular weight excluding hydrogens is 350 g/mol. The van der Waals surface area contributed by atoms with Crippen LogP contribution in [0.15, 0.2) is 60.7 Å². The molecule has 0 spiro atoms. The molecule has 3 heteroatoms. The molecular formula is C24H21NOS. The van der Waals surface area contributed by atoms with Crippen LogP contribution < -0.4 is 0 Å². The third-order valence-corrected chi connectivity index (χ3v) is 5.86. The van der Waals surface area contributed by atoms with E-state index in [1.165, 1.54) is 4.70 Å². The van der Waals surface area contributed by atoms with Crippen molar-refractivity contribution < 1.29 is 4.79 Å². The third kappa shape index (κ3) is 3.69. The number of hydrogen-bond donors (Lipinski definition) is 0. The first-order chi connectivity index (χ1) is 13.0. The number of carbonyl (C=O) groups is 1. The highest BCUT2D eigenvalue weighted by Crippen LogP contribution is 2.31. The van der Waals surface area contributed by atoms with Gasteiger partial charge in [-0.3, -0.25) is 4.79 Å². The Balaban J connectivity index is 1.60. The quantitative estimate of drug-likeness (QED) is 0.393. The highest BCUT2D eigenvalue weighted by atomic mass is 32.1. The van der Waals surface area contributed by atoms with Gasteiger partial charge in [0.25, 0.3) is 0 Å². The second-order valence-corrected chi connectivity index (χ2v) is 8.13. The number of aryl methyl sites for hydroxylation is 3. The lowest BCUT2D eigenvalue weighted by molar-refractivity contribution is 0.0992. The second kappa shape index (κ2) is 7.09. The van der Waals surface area contributed by atoms with E-state index in [1.54, 1.807) is 11.3 Å². The van der Waals surface area contributed by atoms with Gasteiger partial charge >= 0.3 is 0 Å². The first-order valence-electron chi connectivity index (χ1n) is 9.06. The molecule has 134 valence electrons. The molecule has 3 aromatic carbocycles. The van der Waals surface area contributed by atoms with Crippen LogP contribution in [0.2, 0.25) is 0 Å². The van der Waals surface area contributed by atoms with Crippen LogP contribution >= 0.6 is 11.3 Å². The molecule has 0 N–H and O–H groups in total. The number of fused-ring (bicyclic) bond motifs is 1. The van der Waals surface area contributed by atoms with Gasteiger partial charge in [0.15, 0.2) is 5.78 Å². The number of rotatable bonds is 4. The summed E-state index contributed by atoms with van der Waals surface area (Å²) in [5, 5.41) is 1.02. The van der Waals surface area contributed by atoms with Crippen LogP contribution in [-0.4, -0.2) is 10.8 Å². The number of aromatic nitrogens is 1. The number of hydrogen-bond acceptors (Lipinski definition) is 3. The zero-order chi connectivity index (χ0) is 19.0. The van der Waals surface area contributed by atoms with Crippen molar-refractivity contribution in [2.75, 3.05) is 0 Å². The van der Waals surface area contributed by atoms with Crippen LogP contribution in [0.1, 0.15) is 32.6 Å². The van der Waals surface area contributed by atoms with Crippen molar-refractivity contribution in [3.8, 4) is 10.6 Å². The van der Waals surface area contributed by atoms with Crippen molar-refractivity contribution in [2.45, 2.75) is 27.2 Å². The highest BCUT2D eigenvalue weighted by Gasteiger charge is 2.12. The van der Waals surface area contributed by atoms with Gasteiger partial charge in [-0.15, -0.1) is 11.3 Å². The van der Waals surface area contributed by atoms with Gasteiger partial charge in [-0.05, 0) is 62.2 Å². The molecule has 0 aliphatic rings. The summed E-state index contributed by atoms with van der Waals surface area (Å²) in [6, 6.07) is 20.5. The second-order valence-electron chi connectivity index (χ2n) is 7.10. The average molecular weight is 372 g/mol. The van der Waals surface area contributed by atoms with E-state index < -0.39 is 0 Å². The lowest BCUT2D eigenvalue weighted by Crippen LogP contribution is -2.05. The number of nitrogens with zero attached hydrogens (tertiary/aromatic N) is 1. The minimum absolute atomic E-state index is 0.164. The molecule has 4 aromatic rings. The largest absolute Gasteiger partial charge is 0.294 e. The number of Topliss-reactive ketones (excluding diaryl/α,β-unsaturated/α-hetero) is 1. The highest BCUT2D eigenvalue weighted by molar-refractivity contribution is 7.21. The Labute approximate surface area is 163 Å². The predicted molar refractivity (Wildman–Crippen MR) is 114 cm³/mol. The van der Waals surface area contributed by atoms with Crippen molar-refractivity contribution in [2.24, 2.45) is 0 Å². The molecule has 4 rings (SSSR count). The first-order valence-corrected chi connectivity index (χ1v) is 9.88. The number of para-hydroxylation sites is 1. The molecule has 2 nitrogen and oxygen atoms in total. The Morgan fingerprint density at radius 2 is 1.67 bits per heavy atom. The van der Waals surface area contributed by atoms with Crippen molar-refractivity contribution in [1.82, 2.24) is 4.98 Å². The minimum Gasteiger partial charge on any atom is -0.294 e. The molecule has 0 aliphatic heterocycles. The molecule has 0 saturated heterocycles. The molecule has 0 bridgehead atoms. The molecule has 0 radical (unpaired) electrons. The summed E-state index contributed by atoms with van der Waals surface area (Å²) in [6.45, 7) is 6.13. The molecule has 0 aliphatic carbocycles. The number of benzene rings is 3. The van der Waals surface area contributed by atoms with E-state index in [1.807, 2.05) is 44.2 Å². The fourth-order valence-electron chi connectivity index (χ4n) is 3.43. The van der Waals surface area contributed by atoms with Crippen LogP contribution in [0.25, 0.3) is 20.8 Å². The molecule has 0 atom stereocenters. The van der Waals surface area contributed by atoms with E-state index >= 15 is 0 Å². The molecule has 1 aromatic heterocycles. The summed E-state index contributed by atoms with van der Waals surface area (Å²) in [5.41, 5.74) is 7.39. The average Bonchev–Trinajstić information content (AvgIpc) is 3.06. The summed E-state index contributed by atoms with van der Waals surface area (Å²) in [5.74, 6) is 0.164. The summed E-state index contributed by atoms with van der Waals surface area (Å²) < 4.78 is 1.19. The van der Waals surface area contributed by atoms with Gasteiger partial charge in [0.1, 0.15) is 5.01 Å². The van der Waals surface area contributed by atoms with E-state index in [0.29, 0.717) is 6.42 Å². The van der Waals surface area contributed by atoms with Crippen molar-refractivity contribution in [3.05, 3.63) is 88.5 Å². The van der Waals surface area contributed by atoms with Crippen molar-refractivity contribution >= 4 is 27.3 Å². The molecule has 0 unspecified atom stereocenters. The van der Waals surface area contributed by atoms with Gasteiger partial charge < -0.3 is 0 Å². The Bertz CT molecular complexity index is 1100. The standard InChI is InChI=1S/C24H21NOS/c1-15-10-16(2)12-20(11-15)22(26)14-18-8-9-19(13-17(18)3)24-25-21-6-4-5-7-23(21)27-24/h4-13H,14H2,1-3H3. The van der Waals surface area contributed by atoms with Gasteiger partial charge in [-0.25, -0.2) is 4.98 Å². The fraction of sp³-hybridized carbons (Fsp3) is 0.167. The third-order valence-electron chi connectivity index (χ3n) is 4.78. The summed E-state index contributed by atoms with van der Waals surface area (Å²) in [4.78, 5) is 17.5. The number of thiazole rings is 1. The first kappa shape index (κ1) is 17.6. The predicted octanol–water partition coefficient (Wildman–Crippen LogP) is 6.31. The molecule has 1 heterocycles. The zero-order valence-electron chi connectivity index (χ0n) is 15.7. The summed E-state index contributed by atoms with van der Waals surface area (Å²) in [6.07, 6.45) is 0.425. The molecule has 27 heavy (non-hydrogen) atoms. The normalized spacial score (nSPS) is 11.1. The monoisotopic (exact) mass is 371 g/mol. The SMILES string of the molecule is Cc1cc(C)cc(C(=O)Cc2ccc(-c3nc4ccccc4s3)cc2C)c1. The van der Waals surface area contributed by atoms with Crippen LogP contribution in [-0.2, 0) is 6.42 Å². The molecule has 0 saturated carbocycles. The van der Waals surface area contributed by atoms with Gasteiger partial charge in [0.05, 0.1) is 10.2 Å². The van der Waals surface area contributed by atoms with Crippen LogP contribution in [0.3, 0.4) is 0 Å². The van der Waals surface area contributed by atoms with E-state index in [2.05, 4.69) is 37.3 Å². The smallest absolute Gasteiger partial charge is 0.167 e. The van der Waals surface area contributed by atoms with Crippen LogP contribution in [0.4, 0.5) is 0 Å². The van der Waals surface area contributed by atoms with Crippen molar-refractivity contribution in [3.63, 3.8) is 0 Å². The van der Waals surface area contributed by atoms with E-state index in [4.69, 9.17) is 4.98 Å². The topological polar surface area (TPSA) is 30.0 Å². The number of carbonyl (C=O) groups excluding carboxylic acids is 1. The van der Waals surface area contributed by atoms with E-state index in [9.17, 15) is 4.79 Å². The van der Waals surface area contributed by atoms with Gasteiger partial charge in [0.2, 0.25) is 0 Å². The Morgan fingerprint density at radius 1 is 0.926 bits per heavy atom. The van der Waals surface area contributed by atoms with Crippen molar-refractivity contribution in [1.29, 1.82) is 0 Å². The van der Waals surface area contributed by atoms with Crippen LogP contribution in [0, 0.1) is 20.8 Å². The molecule has 0 amide bonds. The van der Waals surface area contributed by atoms with E-state index in [-0.39, 0.29) is 5.78 Å². The maximum Gasteiger partial charge on any atom is 0.167 e. The maximum atomic E-state index is 12.7.